The molecule has 9 heteroatoms. The van der Waals surface area contributed by atoms with Gasteiger partial charge in [-0.25, -0.2) is 4.79 Å². The smallest absolute Gasteiger partial charge is 0.345 e. The molecule has 1 fully saturated rings. The van der Waals surface area contributed by atoms with Crippen molar-refractivity contribution in [1.29, 1.82) is 0 Å². The molecule has 0 saturated carbocycles. The Hall–Kier alpha value is -1.93. The van der Waals surface area contributed by atoms with Crippen molar-refractivity contribution < 1.29 is 24.2 Å². The van der Waals surface area contributed by atoms with Gasteiger partial charge in [0.25, 0.3) is 0 Å². The van der Waals surface area contributed by atoms with Crippen LogP contribution >= 0.6 is 34.5 Å². The van der Waals surface area contributed by atoms with Gasteiger partial charge in [-0.3, -0.25) is 9.59 Å². The van der Waals surface area contributed by atoms with Gasteiger partial charge in [-0.1, -0.05) is 23.2 Å². The van der Waals surface area contributed by atoms with Crippen LogP contribution in [0.5, 0.6) is 0 Å². The molecule has 2 aromatic rings. The fourth-order valence-corrected chi connectivity index (χ4v) is 3.96. The van der Waals surface area contributed by atoms with Crippen LogP contribution in [-0.2, 0) is 27.4 Å². The summed E-state index contributed by atoms with van der Waals surface area (Å²) in [7, 11) is 1.58. The summed E-state index contributed by atoms with van der Waals surface area (Å²) in [5.41, 5.74) is 0.967. The molecule has 1 saturated heterocycles. The number of methoxy groups -OCH3 is 1. The second kappa shape index (κ2) is 10.6. The highest BCUT2D eigenvalue weighted by molar-refractivity contribution is 7.13. The van der Waals surface area contributed by atoms with Crippen molar-refractivity contribution in [2.75, 3.05) is 20.2 Å². The van der Waals surface area contributed by atoms with Crippen molar-refractivity contribution in [3.63, 3.8) is 0 Å². The Bertz CT molecular complexity index is 848. The molecular weight excluding hydrogens is 425 g/mol. The van der Waals surface area contributed by atoms with Crippen molar-refractivity contribution in [3.8, 4) is 0 Å². The lowest BCUT2D eigenvalue weighted by molar-refractivity contribution is -0.127. The van der Waals surface area contributed by atoms with E-state index in [0.29, 0.717) is 34.5 Å². The first-order valence-corrected chi connectivity index (χ1v) is 9.91. The maximum absolute atomic E-state index is 11.4. The van der Waals surface area contributed by atoms with Gasteiger partial charge in [0.15, 0.2) is 5.78 Å². The highest BCUT2D eigenvalue weighted by atomic mass is 35.5. The number of benzene rings is 1. The highest BCUT2D eigenvalue weighted by Crippen LogP contribution is 2.20. The van der Waals surface area contributed by atoms with Gasteiger partial charge < -0.3 is 14.7 Å². The number of ether oxygens (including phenoxy) is 1. The molecule has 1 N–H and O–H groups in total. The summed E-state index contributed by atoms with van der Waals surface area (Å²) in [6.07, 6.45) is 0.690. The average Bonchev–Trinajstić information content (AvgIpc) is 3.19. The van der Waals surface area contributed by atoms with Crippen molar-refractivity contribution in [3.05, 3.63) is 55.7 Å². The second-order valence-corrected chi connectivity index (χ2v) is 8.10. The van der Waals surface area contributed by atoms with Crippen LogP contribution in [0, 0.1) is 0 Å². The van der Waals surface area contributed by atoms with Crippen LogP contribution in [0.25, 0.3) is 0 Å². The zero-order valence-electron chi connectivity index (χ0n) is 15.1. The second-order valence-electron chi connectivity index (χ2n) is 6.06. The first kappa shape index (κ1) is 22.4. The number of ketones is 1. The Morgan fingerprint density at radius 3 is 2.39 bits per heavy atom. The fourth-order valence-electron chi connectivity index (χ4n) is 2.57. The number of carbonyl (C=O) groups is 3. The lowest BCUT2D eigenvalue weighted by Gasteiger charge is -2.14. The van der Waals surface area contributed by atoms with Crippen molar-refractivity contribution in [1.82, 2.24) is 4.90 Å². The minimum atomic E-state index is -0.877. The van der Waals surface area contributed by atoms with E-state index >= 15 is 0 Å². The summed E-state index contributed by atoms with van der Waals surface area (Å²) >= 11 is 13.0. The van der Waals surface area contributed by atoms with Gasteiger partial charge in [0.1, 0.15) is 4.88 Å². The van der Waals surface area contributed by atoms with E-state index in [-0.39, 0.29) is 24.7 Å². The molecule has 1 amide bonds. The van der Waals surface area contributed by atoms with Crippen molar-refractivity contribution >= 4 is 52.2 Å². The molecule has 2 heterocycles. The van der Waals surface area contributed by atoms with Gasteiger partial charge in [-0.2, -0.15) is 0 Å². The molecule has 0 unspecified atom stereocenters. The molecule has 0 atom stereocenters. The fraction of sp³-hybridized carbons (Fsp3) is 0.316. The van der Waals surface area contributed by atoms with E-state index in [1.54, 1.807) is 30.2 Å². The number of likely N-dealkylation sites (tertiary alicyclic amines) is 1. The predicted octanol–water partition coefficient (Wildman–Crippen LogP) is 3.93. The molecule has 0 radical (unpaired) electrons. The highest BCUT2D eigenvalue weighted by Gasteiger charge is 2.26. The third-order valence-corrected chi connectivity index (χ3v) is 5.30. The largest absolute Gasteiger partial charge is 0.477 e. The Morgan fingerprint density at radius 1 is 1.21 bits per heavy atom. The molecule has 1 aliphatic heterocycles. The van der Waals surface area contributed by atoms with Gasteiger partial charge in [0, 0.05) is 28.6 Å². The first-order valence-electron chi connectivity index (χ1n) is 8.34. The normalized spacial score (nSPS) is 13.5. The number of thiophene rings is 1. The van der Waals surface area contributed by atoms with Gasteiger partial charge >= 0.3 is 5.97 Å². The summed E-state index contributed by atoms with van der Waals surface area (Å²) in [4.78, 5) is 35.7. The topological polar surface area (TPSA) is 83.9 Å². The molecule has 0 bridgehead atoms. The standard InChI is InChI=1S/C12H11Cl2NO2.C7H8O3S/c13-9-3-8(4-10(14)5-9)1-2-15-7-11(16)6-12(15)17;1-10-4-5-2-3-6(11-5)7(8)9/h3-5H,1-2,6-7H2;2-3H,4H2,1H3,(H,8,9). The third-order valence-electron chi connectivity index (χ3n) is 3.82. The number of carboxylic acid groups (broad SMARTS) is 1. The molecule has 3 rings (SSSR count). The Labute approximate surface area is 176 Å². The number of aromatic carboxylic acids is 1. The number of carbonyl (C=O) groups excluding carboxylic acids is 2. The number of Topliss-reactive ketones (excluding diaryl/α,β-unsaturated/α-hetero) is 1. The van der Waals surface area contributed by atoms with Gasteiger partial charge in [-0.05, 0) is 42.3 Å². The van der Waals surface area contributed by atoms with Crippen LogP contribution in [0.2, 0.25) is 10.0 Å². The SMILES string of the molecule is COCc1ccc(C(=O)O)s1.O=C1CC(=O)N(CCc2cc(Cl)cc(Cl)c2)C1. The summed E-state index contributed by atoms with van der Waals surface area (Å²) < 4.78 is 4.84. The lowest BCUT2D eigenvalue weighted by Crippen LogP contribution is -2.27. The maximum atomic E-state index is 11.4. The van der Waals surface area contributed by atoms with Gasteiger partial charge in [-0.15, -0.1) is 11.3 Å². The van der Waals surface area contributed by atoms with Crippen molar-refractivity contribution in [2.45, 2.75) is 19.4 Å². The van der Waals surface area contributed by atoms with E-state index in [2.05, 4.69) is 0 Å². The van der Waals surface area contributed by atoms with E-state index in [4.69, 9.17) is 33.0 Å². The van der Waals surface area contributed by atoms with E-state index in [0.717, 1.165) is 10.4 Å². The molecular formula is C19H19Cl2NO5S. The summed E-state index contributed by atoms with van der Waals surface area (Å²) in [6.45, 7) is 1.24. The lowest BCUT2D eigenvalue weighted by atomic mass is 10.1. The number of hydrogen-bond acceptors (Lipinski definition) is 5. The Balaban J connectivity index is 0.000000221. The van der Waals surface area contributed by atoms with Gasteiger partial charge in [0.2, 0.25) is 5.91 Å². The third kappa shape index (κ3) is 6.91. The van der Waals surface area contributed by atoms with E-state index < -0.39 is 5.97 Å². The maximum Gasteiger partial charge on any atom is 0.345 e. The minimum absolute atomic E-state index is 0.0147. The molecule has 1 aromatic heterocycles. The van der Waals surface area contributed by atoms with Crippen LogP contribution in [0.1, 0.15) is 26.5 Å². The zero-order valence-corrected chi connectivity index (χ0v) is 17.4. The van der Waals surface area contributed by atoms with Crippen LogP contribution in [0.4, 0.5) is 0 Å². The number of hydrogen-bond donors (Lipinski definition) is 1. The molecule has 28 heavy (non-hydrogen) atoms. The van der Waals surface area contributed by atoms with E-state index in [1.165, 1.54) is 11.3 Å². The van der Waals surface area contributed by atoms with Crippen LogP contribution in [0.15, 0.2) is 30.3 Å². The first-order chi connectivity index (χ1) is 13.3. The molecule has 150 valence electrons. The van der Waals surface area contributed by atoms with Crippen LogP contribution < -0.4 is 0 Å². The quantitative estimate of drug-likeness (QED) is 0.683. The molecule has 0 aliphatic carbocycles. The summed E-state index contributed by atoms with van der Waals surface area (Å²) in [5, 5.41) is 9.70. The predicted molar refractivity (Wildman–Crippen MR) is 108 cm³/mol. The number of amides is 1. The number of rotatable bonds is 6. The monoisotopic (exact) mass is 443 g/mol. The summed E-state index contributed by atoms with van der Waals surface area (Å²) in [6, 6.07) is 8.64. The molecule has 6 nitrogen and oxygen atoms in total. The van der Waals surface area contributed by atoms with Gasteiger partial charge in [0.05, 0.1) is 19.6 Å². The van der Waals surface area contributed by atoms with E-state index in [1.807, 2.05) is 12.1 Å². The number of nitrogens with zero attached hydrogens (tertiary/aromatic N) is 1. The minimum Gasteiger partial charge on any atom is -0.477 e. The van der Waals surface area contributed by atoms with E-state index in [9.17, 15) is 14.4 Å². The Morgan fingerprint density at radius 2 is 1.89 bits per heavy atom. The average molecular weight is 444 g/mol. The molecule has 1 aromatic carbocycles. The summed E-state index contributed by atoms with van der Waals surface area (Å²) in [5.74, 6) is -0.986. The molecule has 0 spiro atoms. The molecule has 1 aliphatic rings. The van der Waals surface area contributed by atoms with Crippen molar-refractivity contribution in [2.24, 2.45) is 0 Å². The van der Waals surface area contributed by atoms with Crippen LogP contribution in [0.3, 0.4) is 0 Å². The number of halogens is 2. The Kier molecular flexibility index (Phi) is 8.44. The number of carboxylic acids is 1. The van der Waals surface area contributed by atoms with Crippen LogP contribution in [-0.4, -0.2) is 47.9 Å². The zero-order chi connectivity index (χ0) is 20.7.